The summed E-state index contributed by atoms with van der Waals surface area (Å²) in [5, 5.41) is 1.94. The molecule has 1 aliphatic heterocycles. The highest BCUT2D eigenvalue weighted by Crippen LogP contribution is 2.31. The van der Waals surface area contributed by atoms with Gasteiger partial charge in [0.15, 0.2) is 16.5 Å². The Hall–Kier alpha value is -3.11. The molecule has 0 fully saturated rings. The van der Waals surface area contributed by atoms with E-state index in [1.165, 1.54) is 22.7 Å². The molecule has 1 aliphatic rings. The number of amides is 2. The molecule has 0 radical (unpaired) electrons. The topological polar surface area (TPSA) is 94.0 Å². The summed E-state index contributed by atoms with van der Waals surface area (Å²) in [5.74, 6) is 0.278. The van der Waals surface area contributed by atoms with Gasteiger partial charge in [-0.25, -0.2) is 4.98 Å². The Morgan fingerprint density at radius 1 is 1.07 bits per heavy atom. The van der Waals surface area contributed by atoms with Gasteiger partial charge in [-0.2, -0.15) is 0 Å². The first-order valence-electron chi connectivity index (χ1n) is 8.04. The van der Waals surface area contributed by atoms with Gasteiger partial charge in [0.25, 0.3) is 11.8 Å². The van der Waals surface area contributed by atoms with Gasteiger partial charge in [0.2, 0.25) is 0 Å². The van der Waals surface area contributed by atoms with Crippen LogP contribution in [0.25, 0.3) is 15.3 Å². The molecule has 0 aliphatic carbocycles. The maximum atomic E-state index is 12.4. The number of nitrogens with one attached hydrogen (secondary N) is 2. The van der Waals surface area contributed by atoms with Crippen LogP contribution in [0.4, 0.5) is 0 Å². The van der Waals surface area contributed by atoms with E-state index in [-0.39, 0.29) is 0 Å². The summed E-state index contributed by atoms with van der Waals surface area (Å²) >= 11 is 2.81. The molecule has 1 aromatic carbocycles. The van der Waals surface area contributed by atoms with Crippen LogP contribution in [0.15, 0.2) is 35.8 Å². The third-order valence-corrected chi connectivity index (χ3v) is 5.83. The third kappa shape index (κ3) is 2.78. The van der Waals surface area contributed by atoms with Gasteiger partial charge < -0.3 is 9.47 Å². The summed E-state index contributed by atoms with van der Waals surface area (Å²) in [6, 6.07) is 6.64. The molecule has 3 aromatic heterocycles. The third-order valence-electron chi connectivity index (χ3n) is 4.06. The number of imidazole rings is 1. The summed E-state index contributed by atoms with van der Waals surface area (Å²) < 4.78 is 12.8. The van der Waals surface area contributed by atoms with Crippen molar-refractivity contribution in [3.05, 3.63) is 46.3 Å². The lowest BCUT2D eigenvalue weighted by atomic mass is 10.2. The Morgan fingerprint density at radius 2 is 1.89 bits per heavy atom. The van der Waals surface area contributed by atoms with Crippen LogP contribution in [0, 0.1) is 0 Å². The Kier molecular flexibility index (Phi) is 3.73. The summed E-state index contributed by atoms with van der Waals surface area (Å²) in [4.78, 5) is 31.3. The number of hydrazine groups is 1. The number of thiazole rings is 1. The molecule has 27 heavy (non-hydrogen) atoms. The van der Waals surface area contributed by atoms with E-state index in [1.54, 1.807) is 24.3 Å². The van der Waals surface area contributed by atoms with Crippen molar-refractivity contribution >= 4 is 49.8 Å². The van der Waals surface area contributed by atoms with Crippen molar-refractivity contribution in [2.75, 3.05) is 13.2 Å². The minimum Gasteiger partial charge on any atom is -0.486 e. The largest absolute Gasteiger partial charge is 0.486 e. The van der Waals surface area contributed by atoms with Crippen molar-refractivity contribution in [2.45, 2.75) is 0 Å². The second kappa shape index (κ2) is 6.25. The van der Waals surface area contributed by atoms with E-state index in [0.29, 0.717) is 35.2 Å². The number of fused-ring (bicyclic) bond motifs is 4. The quantitative estimate of drug-likeness (QED) is 0.504. The minimum atomic E-state index is -0.441. The molecule has 2 amide bonds. The first-order chi connectivity index (χ1) is 13.2. The number of nitrogens with zero attached hydrogens (tertiary/aromatic N) is 2. The predicted molar refractivity (Wildman–Crippen MR) is 101 cm³/mol. The molecule has 136 valence electrons. The smallest absolute Gasteiger partial charge is 0.279 e. The lowest BCUT2D eigenvalue weighted by Crippen LogP contribution is -2.41. The Bertz CT molecular complexity index is 1190. The SMILES string of the molecule is O=C(NNC(=O)c1cc2c(nc3sccn32)s1)c1ccc2c(c1)OCCO2. The Morgan fingerprint density at radius 3 is 2.78 bits per heavy atom. The maximum Gasteiger partial charge on any atom is 0.279 e. The van der Waals surface area contributed by atoms with E-state index in [9.17, 15) is 9.59 Å². The molecule has 8 nitrogen and oxygen atoms in total. The summed E-state index contributed by atoms with van der Waals surface area (Å²) in [6.07, 6.45) is 1.91. The second-order valence-electron chi connectivity index (χ2n) is 5.74. The first-order valence-corrected chi connectivity index (χ1v) is 9.74. The summed E-state index contributed by atoms with van der Waals surface area (Å²) in [6.45, 7) is 0.920. The molecule has 0 atom stereocenters. The van der Waals surface area contributed by atoms with E-state index in [0.717, 1.165) is 15.3 Å². The lowest BCUT2D eigenvalue weighted by Gasteiger charge is -2.18. The highest BCUT2D eigenvalue weighted by atomic mass is 32.1. The minimum absolute atomic E-state index is 0.363. The first kappa shape index (κ1) is 16.1. The number of benzene rings is 1. The fourth-order valence-corrected chi connectivity index (χ4v) is 4.49. The van der Waals surface area contributed by atoms with Gasteiger partial charge in [-0.1, -0.05) is 0 Å². The number of hydrogen-bond donors (Lipinski definition) is 2. The molecule has 0 spiro atoms. The van der Waals surface area contributed by atoms with Gasteiger partial charge in [-0.3, -0.25) is 24.8 Å². The van der Waals surface area contributed by atoms with Crippen LogP contribution in [-0.2, 0) is 0 Å². The number of carbonyl (C=O) groups excluding carboxylic acids is 2. The second-order valence-corrected chi connectivity index (χ2v) is 7.64. The van der Waals surface area contributed by atoms with Crippen molar-refractivity contribution in [3.8, 4) is 11.5 Å². The lowest BCUT2D eigenvalue weighted by molar-refractivity contribution is 0.0848. The van der Waals surface area contributed by atoms with Crippen molar-refractivity contribution in [1.82, 2.24) is 20.2 Å². The average Bonchev–Trinajstić information content (AvgIpc) is 3.37. The normalized spacial score (nSPS) is 13.0. The van der Waals surface area contributed by atoms with E-state index >= 15 is 0 Å². The molecule has 2 N–H and O–H groups in total. The van der Waals surface area contributed by atoms with Crippen molar-refractivity contribution < 1.29 is 19.1 Å². The van der Waals surface area contributed by atoms with Crippen LogP contribution in [-0.4, -0.2) is 34.4 Å². The number of rotatable bonds is 2. The zero-order chi connectivity index (χ0) is 18.4. The molecule has 0 saturated carbocycles. The van der Waals surface area contributed by atoms with Gasteiger partial charge in [0, 0.05) is 17.1 Å². The fourth-order valence-electron chi connectivity index (χ4n) is 2.79. The van der Waals surface area contributed by atoms with Gasteiger partial charge in [-0.15, -0.1) is 22.7 Å². The van der Waals surface area contributed by atoms with Crippen molar-refractivity contribution in [2.24, 2.45) is 0 Å². The van der Waals surface area contributed by atoms with Crippen LogP contribution in [0.3, 0.4) is 0 Å². The van der Waals surface area contributed by atoms with E-state index in [2.05, 4.69) is 15.8 Å². The molecule has 0 bridgehead atoms. The zero-order valence-electron chi connectivity index (χ0n) is 13.7. The van der Waals surface area contributed by atoms with Crippen molar-refractivity contribution in [1.29, 1.82) is 0 Å². The molecule has 4 aromatic rings. The number of hydrogen-bond acceptors (Lipinski definition) is 7. The highest BCUT2D eigenvalue weighted by molar-refractivity contribution is 7.21. The van der Waals surface area contributed by atoms with Gasteiger partial charge >= 0.3 is 0 Å². The molecule has 10 heteroatoms. The monoisotopic (exact) mass is 400 g/mol. The van der Waals surface area contributed by atoms with E-state index in [1.807, 2.05) is 16.0 Å². The summed E-state index contributed by atoms with van der Waals surface area (Å²) in [5.41, 5.74) is 6.09. The van der Waals surface area contributed by atoms with Gasteiger partial charge in [0.1, 0.15) is 18.0 Å². The number of aromatic nitrogens is 2. The molecule has 0 unspecified atom stereocenters. The standard InChI is InChI=1S/C17H12N4O4S2/c22-14(9-1-2-11-12(7-9)25-5-4-24-11)19-20-15(23)13-8-10-16(27-13)18-17-21(10)3-6-26-17/h1-3,6-8H,4-5H2,(H,19,22)(H,20,23). The van der Waals surface area contributed by atoms with Crippen LogP contribution < -0.4 is 20.3 Å². The molecular formula is C17H12N4O4S2. The number of ether oxygens (including phenoxy) is 2. The van der Waals surface area contributed by atoms with Crippen LogP contribution in [0.1, 0.15) is 20.0 Å². The maximum absolute atomic E-state index is 12.4. The average molecular weight is 400 g/mol. The summed E-state index contributed by atoms with van der Waals surface area (Å²) in [7, 11) is 0. The molecule has 4 heterocycles. The molecule has 0 saturated heterocycles. The van der Waals surface area contributed by atoms with Gasteiger partial charge in [0.05, 0.1) is 10.4 Å². The van der Waals surface area contributed by atoms with Gasteiger partial charge in [-0.05, 0) is 24.3 Å². The predicted octanol–water partition coefficient (Wildman–Crippen LogP) is 2.46. The zero-order valence-corrected chi connectivity index (χ0v) is 15.4. The van der Waals surface area contributed by atoms with Crippen LogP contribution in [0.5, 0.6) is 11.5 Å². The van der Waals surface area contributed by atoms with Crippen LogP contribution in [0.2, 0.25) is 0 Å². The Balaban J connectivity index is 1.29. The van der Waals surface area contributed by atoms with Crippen molar-refractivity contribution in [3.63, 3.8) is 0 Å². The van der Waals surface area contributed by atoms with E-state index in [4.69, 9.17) is 9.47 Å². The molecule has 5 rings (SSSR count). The Labute approximate surface area is 160 Å². The van der Waals surface area contributed by atoms with E-state index < -0.39 is 11.8 Å². The van der Waals surface area contributed by atoms with Crippen LogP contribution >= 0.6 is 22.7 Å². The number of carbonyl (C=O) groups is 2. The number of thiophene rings is 1. The fraction of sp³-hybridized carbons (Fsp3) is 0.118. The highest BCUT2D eigenvalue weighted by Gasteiger charge is 2.18. The molecular weight excluding hydrogens is 388 g/mol.